The molecule has 4 aliphatic carbocycles. The molecule has 8 atom stereocenters. The number of halogens is 13. The monoisotopic (exact) mass is 774 g/mol. The maximum absolute atomic E-state index is 14.2. The third-order valence-electron chi connectivity index (χ3n) is 13.4. The fourth-order valence-corrected chi connectivity index (χ4v) is 10.4. The van der Waals surface area contributed by atoms with E-state index >= 15 is 0 Å². The van der Waals surface area contributed by atoms with E-state index in [9.17, 15) is 61.9 Å². The van der Waals surface area contributed by atoms with Gasteiger partial charge in [-0.1, -0.05) is 65.5 Å². The molecular formula is C37H51F13O2. The number of fused-ring (bicyclic) bond motifs is 5. The SMILES string of the molecule is CC(C)CCCC(C)C1CCC2C3CC=C4CC(OC(=O)CCCC(F)(F)C(F)(F)C(F)(F)C(F)(F)C(F)(F)C(F)(F)F)CCC4(C)C3CCC12C. The summed E-state index contributed by atoms with van der Waals surface area (Å²) in [5.41, 5.74) is 1.25. The third-order valence-corrected chi connectivity index (χ3v) is 13.4. The Morgan fingerprint density at radius 3 is 1.98 bits per heavy atom. The lowest BCUT2D eigenvalue weighted by Crippen LogP contribution is -2.70. The zero-order valence-electron chi connectivity index (χ0n) is 30.2. The van der Waals surface area contributed by atoms with Crippen LogP contribution in [-0.4, -0.2) is 47.9 Å². The van der Waals surface area contributed by atoms with E-state index in [2.05, 4.69) is 40.7 Å². The first-order chi connectivity index (χ1) is 23.6. The average Bonchev–Trinajstić information content (AvgIpc) is 3.37. The minimum atomic E-state index is -7.93. The summed E-state index contributed by atoms with van der Waals surface area (Å²) in [5, 5.41) is 0. The quantitative estimate of drug-likeness (QED) is 0.0998. The molecule has 0 spiro atoms. The van der Waals surface area contributed by atoms with E-state index < -0.39 is 67.1 Å². The summed E-state index contributed by atoms with van der Waals surface area (Å²) >= 11 is 0. The molecule has 0 bridgehead atoms. The molecule has 0 N–H and O–H groups in total. The number of carbonyl (C=O) groups excluding carboxylic acids is 1. The summed E-state index contributed by atoms with van der Waals surface area (Å²) in [6.07, 6.45) is -0.0302. The minimum Gasteiger partial charge on any atom is -0.462 e. The van der Waals surface area contributed by atoms with Gasteiger partial charge in [-0.05, 0) is 97.7 Å². The van der Waals surface area contributed by atoms with Crippen LogP contribution in [0.1, 0.15) is 125 Å². The molecule has 0 radical (unpaired) electrons. The van der Waals surface area contributed by atoms with Crippen LogP contribution in [-0.2, 0) is 9.53 Å². The lowest BCUT2D eigenvalue weighted by molar-refractivity contribution is -0.440. The minimum absolute atomic E-state index is 0.141. The molecule has 3 fully saturated rings. The van der Waals surface area contributed by atoms with Crippen molar-refractivity contribution in [2.45, 2.75) is 166 Å². The van der Waals surface area contributed by atoms with Crippen LogP contribution in [0.5, 0.6) is 0 Å². The first kappa shape index (κ1) is 43.0. The average molecular weight is 775 g/mol. The Hall–Kier alpha value is -1.70. The van der Waals surface area contributed by atoms with Crippen molar-refractivity contribution in [2.24, 2.45) is 46.3 Å². The predicted octanol–water partition coefficient (Wildman–Crippen LogP) is 12.8. The zero-order valence-corrected chi connectivity index (χ0v) is 30.2. The van der Waals surface area contributed by atoms with E-state index in [0.29, 0.717) is 54.8 Å². The van der Waals surface area contributed by atoms with Gasteiger partial charge in [0.25, 0.3) is 0 Å². The Bertz CT molecular complexity index is 1310. The summed E-state index contributed by atoms with van der Waals surface area (Å²) < 4.78 is 179. The summed E-state index contributed by atoms with van der Waals surface area (Å²) in [7, 11) is 0. The smallest absolute Gasteiger partial charge is 0.460 e. The van der Waals surface area contributed by atoms with Crippen molar-refractivity contribution in [3.63, 3.8) is 0 Å². The van der Waals surface area contributed by atoms with E-state index in [1.807, 2.05) is 0 Å². The van der Waals surface area contributed by atoms with Gasteiger partial charge in [-0.25, -0.2) is 0 Å². The van der Waals surface area contributed by atoms with Crippen molar-refractivity contribution < 1.29 is 66.6 Å². The van der Waals surface area contributed by atoms with Gasteiger partial charge < -0.3 is 4.74 Å². The van der Waals surface area contributed by atoms with Crippen molar-refractivity contribution in [2.75, 3.05) is 0 Å². The molecule has 2 nitrogen and oxygen atoms in total. The highest BCUT2D eigenvalue weighted by atomic mass is 19.4. The van der Waals surface area contributed by atoms with E-state index in [1.54, 1.807) is 0 Å². The van der Waals surface area contributed by atoms with Crippen LogP contribution in [0.25, 0.3) is 0 Å². The maximum Gasteiger partial charge on any atom is 0.460 e. The molecule has 302 valence electrons. The highest BCUT2D eigenvalue weighted by Gasteiger charge is 2.90. The van der Waals surface area contributed by atoms with Gasteiger partial charge in [-0.2, -0.15) is 57.1 Å². The van der Waals surface area contributed by atoms with Crippen molar-refractivity contribution in [3.05, 3.63) is 11.6 Å². The third kappa shape index (κ3) is 7.22. The lowest BCUT2D eigenvalue weighted by atomic mass is 9.47. The maximum atomic E-state index is 14.2. The van der Waals surface area contributed by atoms with E-state index in [4.69, 9.17) is 4.74 Å². The van der Waals surface area contributed by atoms with Gasteiger partial charge in [0.05, 0.1) is 0 Å². The van der Waals surface area contributed by atoms with Crippen LogP contribution in [0.4, 0.5) is 57.1 Å². The highest BCUT2D eigenvalue weighted by Crippen LogP contribution is 2.67. The standard InChI is InChI=1S/C37H51F13O2/c1-21(2)8-6-9-22(3)26-13-14-27-25-12-11-23-20-24(15-18-30(23,4)28(25)16-19-31(26,27)5)52-29(51)10-7-17-32(38,39)33(40,41)34(42,43)35(44,45)36(46,47)37(48,49)50/h11,21-22,24-28H,6-10,12-20H2,1-5H3. The number of esters is 1. The first-order valence-electron chi connectivity index (χ1n) is 18.4. The van der Waals surface area contributed by atoms with Crippen LogP contribution in [0, 0.1) is 46.3 Å². The van der Waals surface area contributed by atoms with E-state index in [1.165, 1.54) is 32.1 Å². The van der Waals surface area contributed by atoms with Gasteiger partial charge in [0, 0.05) is 19.3 Å². The van der Waals surface area contributed by atoms with E-state index in [0.717, 1.165) is 24.8 Å². The first-order valence-corrected chi connectivity index (χ1v) is 18.4. The fourth-order valence-electron chi connectivity index (χ4n) is 10.4. The summed E-state index contributed by atoms with van der Waals surface area (Å²) in [4.78, 5) is 12.5. The van der Waals surface area contributed by atoms with Gasteiger partial charge in [0.2, 0.25) is 0 Å². The predicted molar refractivity (Wildman–Crippen MR) is 168 cm³/mol. The molecule has 0 aromatic heterocycles. The zero-order chi connectivity index (χ0) is 39.5. The van der Waals surface area contributed by atoms with Crippen molar-refractivity contribution >= 4 is 5.97 Å². The molecule has 15 heteroatoms. The molecule has 0 aliphatic heterocycles. The Morgan fingerprint density at radius 1 is 0.769 bits per heavy atom. The van der Waals surface area contributed by atoms with Crippen LogP contribution >= 0.6 is 0 Å². The number of rotatable bonds is 14. The van der Waals surface area contributed by atoms with Crippen molar-refractivity contribution in [1.82, 2.24) is 0 Å². The Balaban J connectivity index is 1.33. The molecular weight excluding hydrogens is 723 g/mol. The highest BCUT2D eigenvalue weighted by molar-refractivity contribution is 5.69. The van der Waals surface area contributed by atoms with Gasteiger partial charge in [0.1, 0.15) is 6.10 Å². The molecule has 0 heterocycles. The Kier molecular flexibility index (Phi) is 11.9. The number of allylic oxidation sites excluding steroid dienone is 1. The van der Waals surface area contributed by atoms with Crippen LogP contribution in [0.15, 0.2) is 11.6 Å². The molecule has 4 aliphatic rings. The Morgan fingerprint density at radius 2 is 1.38 bits per heavy atom. The van der Waals surface area contributed by atoms with Crippen LogP contribution < -0.4 is 0 Å². The number of carbonyl (C=O) groups is 1. The van der Waals surface area contributed by atoms with E-state index in [-0.39, 0.29) is 10.8 Å². The second-order valence-electron chi connectivity index (χ2n) is 17.0. The van der Waals surface area contributed by atoms with Gasteiger partial charge in [-0.15, -0.1) is 0 Å². The van der Waals surface area contributed by atoms with Crippen molar-refractivity contribution in [1.29, 1.82) is 0 Å². The molecule has 0 amide bonds. The molecule has 3 saturated carbocycles. The van der Waals surface area contributed by atoms with Gasteiger partial charge in [0.15, 0.2) is 0 Å². The lowest BCUT2D eigenvalue weighted by Gasteiger charge is -2.58. The summed E-state index contributed by atoms with van der Waals surface area (Å²) in [5.74, 6) is -34.6. The largest absolute Gasteiger partial charge is 0.462 e. The molecule has 0 aromatic carbocycles. The summed E-state index contributed by atoms with van der Waals surface area (Å²) in [6.45, 7) is 11.6. The molecule has 0 aromatic rings. The second-order valence-corrected chi connectivity index (χ2v) is 17.0. The van der Waals surface area contributed by atoms with Gasteiger partial charge >= 0.3 is 41.8 Å². The number of hydrogen-bond donors (Lipinski definition) is 0. The molecule has 0 saturated heterocycles. The van der Waals surface area contributed by atoms with Crippen LogP contribution in [0.2, 0.25) is 0 Å². The number of ether oxygens (including phenoxy) is 1. The molecule has 52 heavy (non-hydrogen) atoms. The number of hydrogen-bond acceptors (Lipinski definition) is 2. The second kappa shape index (κ2) is 14.4. The number of alkyl halides is 13. The fraction of sp³-hybridized carbons (Fsp3) is 0.919. The molecule has 8 unspecified atom stereocenters. The topological polar surface area (TPSA) is 26.3 Å². The summed E-state index contributed by atoms with van der Waals surface area (Å²) in [6, 6.07) is 0. The van der Waals surface area contributed by atoms with Gasteiger partial charge in [-0.3, -0.25) is 4.79 Å². The van der Waals surface area contributed by atoms with Crippen LogP contribution in [0.3, 0.4) is 0 Å². The molecule has 4 rings (SSSR count). The normalized spacial score (nSPS) is 32.5. The van der Waals surface area contributed by atoms with Crippen molar-refractivity contribution in [3.8, 4) is 0 Å². The Labute approximate surface area is 297 Å².